The Morgan fingerprint density at radius 1 is 1.50 bits per heavy atom. The summed E-state index contributed by atoms with van der Waals surface area (Å²) in [5.74, 6) is 0. The van der Waals surface area contributed by atoms with E-state index in [4.69, 9.17) is 0 Å². The fourth-order valence-corrected chi connectivity index (χ4v) is 0.254. The van der Waals surface area contributed by atoms with Crippen LogP contribution < -0.4 is 10.7 Å². The van der Waals surface area contributed by atoms with Gasteiger partial charge in [0.05, 0.1) is 5.66 Å². The number of hydrogen-bond acceptors (Lipinski definition) is 3. The van der Waals surface area contributed by atoms with Crippen LogP contribution in [0, 0.1) is 0 Å². The first-order valence-corrected chi connectivity index (χ1v) is 2.54. The van der Waals surface area contributed by atoms with Gasteiger partial charge < -0.3 is 0 Å². The average Bonchev–Trinajstić information content (AvgIpc) is 1.67. The standard InChI is InChI=1S/C5H13N3/c1-5(2,6-3)8-7-4/h6,8H,4H2,1-3H3. The van der Waals surface area contributed by atoms with E-state index in [2.05, 4.69) is 22.6 Å². The van der Waals surface area contributed by atoms with Gasteiger partial charge in [-0.15, -0.1) is 0 Å². The summed E-state index contributed by atoms with van der Waals surface area (Å²) in [5, 5.41) is 6.51. The Morgan fingerprint density at radius 3 is 2.12 bits per heavy atom. The second-order valence-corrected chi connectivity index (χ2v) is 2.14. The van der Waals surface area contributed by atoms with Gasteiger partial charge in [0.1, 0.15) is 0 Å². The van der Waals surface area contributed by atoms with Gasteiger partial charge in [-0.3, -0.25) is 10.7 Å². The Bertz CT molecular complexity index is 77.7. The summed E-state index contributed by atoms with van der Waals surface area (Å²) in [6.07, 6.45) is 0. The van der Waals surface area contributed by atoms with E-state index in [1.807, 2.05) is 20.9 Å². The van der Waals surface area contributed by atoms with Gasteiger partial charge in [0, 0.05) is 6.72 Å². The molecule has 0 aromatic heterocycles. The molecule has 2 N–H and O–H groups in total. The average molecular weight is 115 g/mol. The minimum atomic E-state index is -0.137. The smallest absolute Gasteiger partial charge is 0.0985 e. The molecule has 0 saturated carbocycles. The third-order valence-corrected chi connectivity index (χ3v) is 0.984. The fourth-order valence-electron chi connectivity index (χ4n) is 0.254. The molecule has 0 aliphatic heterocycles. The number of nitrogens with zero attached hydrogens (tertiary/aromatic N) is 1. The Labute approximate surface area is 50.2 Å². The Morgan fingerprint density at radius 2 is 2.00 bits per heavy atom. The third-order valence-electron chi connectivity index (χ3n) is 0.984. The minimum Gasteiger partial charge on any atom is -0.297 e. The molecule has 0 bridgehead atoms. The lowest BCUT2D eigenvalue weighted by atomic mass is 10.3. The summed E-state index contributed by atoms with van der Waals surface area (Å²) in [5.41, 5.74) is 2.64. The van der Waals surface area contributed by atoms with Crippen molar-refractivity contribution in [2.24, 2.45) is 5.10 Å². The van der Waals surface area contributed by atoms with E-state index in [0.29, 0.717) is 0 Å². The summed E-state index contributed by atoms with van der Waals surface area (Å²) < 4.78 is 0. The topological polar surface area (TPSA) is 36.4 Å². The molecular weight excluding hydrogens is 102 g/mol. The number of rotatable bonds is 3. The van der Waals surface area contributed by atoms with E-state index in [-0.39, 0.29) is 5.66 Å². The third kappa shape index (κ3) is 2.58. The van der Waals surface area contributed by atoms with Crippen molar-refractivity contribution in [3.05, 3.63) is 0 Å². The first-order valence-electron chi connectivity index (χ1n) is 2.54. The van der Waals surface area contributed by atoms with Crippen molar-refractivity contribution in [1.29, 1.82) is 0 Å². The predicted octanol–water partition coefficient (Wildman–Crippen LogP) is 0.147. The van der Waals surface area contributed by atoms with E-state index in [9.17, 15) is 0 Å². The van der Waals surface area contributed by atoms with Crippen molar-refractivity contribution in [3.8, 4) is 0 Å². The van der Waals surface area contributed by atoms with Gasteiger partial charge in [0.2, 0.25) is 0 Å². The summed E-state index contributed by atoms with van der Waals surface area (Å²) in [4.78, 5) is 0. The van der Waals surface area contributed by atoms with E-state index in [1.165, 1.54) is 0 Å². The van der Waals surface area contributed by atoms with E-state index in [0.717, 1.165) is 0 Å². The van der Waals surface area contributed by atoms with Crippen molar-refractivity contribution in [2.45, 2.75) is 19.5 Å². The molecule has 0 saturated heterocycles. The zero-order chi connectivity index (χ0) is 6.62. The van der Waals surface area contributed by atoms with Crippen LogP contribution >= 0.6 is 0 Å². The monoisotopic (exact) mass is 115 g/mol. The molecule has 48 valence electrons. The van der Waals surface area contributed by atoms with Gasteiger partial charge in [-0.1, -0.05) is 0 Å². The zero-order valence-corrected chi connectivity index (χ0v) is 5.65. The van der Waals surface area contributed by atoms with Crippen LogP contribution in [-0.4, -0.2) is 19.4 Å². The highest BCUT2D eigenvalue weighted by atomic mass is 15.4. The van der Waals surface area contributed by atoms with Gasteiger partial charge in [0.15, 0.2) is 0 Å². The molecule has 0 fully saturated rings. The van der Waals surface area contributed by atoms with E-state index in [1.54, 1.807) is 0 Å². The minimum absolute atomic E-state index is 0.137. The lowest BCUT2D eigenvalue weighted by molar-refractivity contribution is 0.344. The quantitative estimate of drug-likeness (QED) is 0.312. The first kappa shape index (κ1) is 7.43. The van der Waals surface area contributed by atoms with Crippen molar-refractivity contribution in [3.63, 3.8) is 0 Å². The molecule has 0 radical (unpaired) electrons. The molecule has 0 spiro atoms. The molecular formula is C5H13N3. The maximum Gasteiger partial charge on any atom is 0.0985 e. The lowest BCUT2D eigenvalue weighted by Gasteiger charge is -2.22. The van der Waals surface area contributed by atoms with Crippen LogP contribution in [0.2, 0.25) is 0 Å². The molecule has 8 heavy (non-hydrogen) atoms. The van der Waals surface area contributed by atoms with Crippen LogP contribution in [-0.2, 0) is 0 Å². The predicted molar refractivity (Wildman–Crippen MR) is 35.8 cm³/mol. The molecule has 0 unspecified atom stereocenters. The SMILES string of the molecule is C=NNC(C)(C)NC. The van der Waals surface area contributed by atoms with Gasteiger partial charge in [-0.2, -0.15) is 5.10 Å². The Kier molecular flexibility index (Phi) is 2.48. The normalized spacial score (nSPS) is 10.9. The molecule has 0 aromatic carbocycles. The van der Waals surface area contributed by atoms with E-state index >= 15 is 0 Å². The molecule has 0 aliphatic carbocycles. The highest BCUT2D eigenvalue weighted by Crippen LogP contribution is 1.91. The number of nitrogens with one attached hydrogen (secondary N) is 2. The summed E-state index contributed by atoms with van der Waals surface area (Å²) in [6.45, 7) is 7.24. The van der Waals surface area contributed by atoms with Crippen LogP contribution in [0.5, 0.6) is 0 Å². The Hall–Kier alpha value is -0.570. The van der Waals surface area contributed by atoms with E-state index < -0.39 is 0 Å². The van der Waals surface area contributed by atoms with Gasteiger partial charge in [-0.05, 0) is 20.9 Å². The molecule has 0 aromatic rings. The molecule has 0 rings (SSSR count). The molecule has 0 amide bonds. The van der Waals surface area contributed by atoms with Crippen LogP contribution in [0.25, 0.3) is 0 Å². The molecule has 0 atom stereocenters. The first-order chi connectivity index (χ1) is 3.62. The number of hydrogen-bond donors (Lipinski definition) is 2. The van der Waals surface area contributed by atoms with Crippen LogP contribution in [0.3, 0.4) is 0 Å². The molecule has 3 nitrogen and oxygen atoms in total. The largest absolute Gasteiger partial charge is 0.297 e. The van der Waals surface area contributed by atoms with Crippen molar-refractivity contribution in [1.82, 2.24) is 10.7 Å². The molecule has 0 heterocycles. The van der Waals surface area contributed by atoms with Gasteiger partial charge >= 0.3 is 0 Å². The Balaban J connectivity index is 3.53. The maximum atomic E-state index is 3.52. The van der Waals surface area contributed by atoms with Crippen LogP contribution in [0.1, 0.15) is 13.8 Å². The summed E-state index contributed by atoms with van der Waals surface area (Å²) >= 11 is 0. The van der Waals surface area contributed by atoms with Gasteiger partial charge in [0.25, 0.3) is 0 Å². The summed E-state index contributed by atoms with van der Waals surface area (Å²) in [6, 6.07) is 0. The highest BCUT2D eigenvalue weighted by molar-refractivity contribution is 5.22. The summed E-state index contributed by atoms with van der Waals surface area (Å²) in [7, 11) is 1.86. The zero-order valence-electron chi connectivity index (χ0n) is 5.65. The van der Waals surface area contributed by atoms with Crippen LogP contribution in [0.15, 0.2) is 5.10 Å². The fraction of sp³-hybridized carbons (Fsp3) is 0.800. The highest BCUT2D eigenvalue weighted by Gasteiger charge is 2.10. The van der Waals surface area contributed by atoms with Gasteiger partial charge in [-0.25, -0.2) is 0 Å². The maximum absolute atomic E-state index is 3.52. The lowest BCUT2D eigenvalue weighted by Crippen LogP contribution is -2.47. The second kappa shape index (κ2) is 2.67. The molecule has 0 aliphatic rings. The second-order valence-electron chi connectivity index (χ2n) is 2.14. The van der Waals surface area contributed by atoms with Crippen molar-refractivity contribution < 1.29 is 0 Å². The number of hydrazone groups is 1. The van der Waals surface area contributed by atoms with Crippen LogP contribution in [0.4, 0.5) is 0 Å². The van der Waals surface area contributed by atoms with Crippen molar-refractivity contribution >= 4 is 6.72 Å². The molecule has 3 heteroatoms. The van der Waals surface area contributed by atoms with Crippen molar-refractivity contribution in [2.75, 3.05) is 7.05 Å².